The number of nitrogens with one attached hydrogen (secondary N) is 2. The molecule has 7 nitrogen and oxygen atoms in total. The summed E-state index contributed by atoms with van der Waals surface area (Å²) in [5.74, 6) is 1.22. The number of carbonyl (C=O) groups excluding carboxylic acids is 1. The van der Waals surface area contributed by atoms with Gasteiger partial charge < -0.3 is 24.9 Å². The number of ether oxygens (including phenoxy) is 1. The molecule has 5 aliphatic carbocycles. The molecule has 2 aromatic rings. The zero-order chi connectivity index (χ0) is 32.1. The molecule has 8 atom stereocenters. The van der Waals surface area contributed by atoms with E-state index in [0.717, 1.165) is 101 Å². The smallest absolute Gasteiger partial charge is 0.407 e. The molecule has 8 heteroatoms. The van der Waals surface area contributed by atoms with E-state index in [2.05, 4.69) is 24.5 Å². The van der Waals surface area contributed by atoms with Gasteiger partial charge >= 0.3 is 11.7 Å². The average molecular weight is 635 g/mol. The zero-order valence-corrected chi connectivity index (χ0v) is 27.4. The first kappa shape index (κ1) is 31.9. The Morgan fingerprint density at radius 3 is 2.41 bits per heavy atom. The minimum absolute atomic E-state index is 0.0520. The van der Waals surface area contributed by atoms with Gasteiger partial charge in [0.25, 0.3) is 0 Å². The topological polar surface area (TPSA) is 101 Å². The van der Waals surface area contributed by atoms with E-state index >= 15 is 0 Å². The maximum atomic E-state index is 13.2. The van der Waals surface area contributed by atoms with Gasteiger partial charge in [0, 0.05) is 30.1 Å². The van der Waals surface area contributed by atoms with E-state index in [1.54, 1.807) is 6.26 Å². The lowest BCUT2D eigenvalue weighted by Gasteiger charge is -2.63. The number of hydrogen-bond donors (Lipinski definition) is 3. The van der Waals surface area contributed by atoms with E-state index in [1.165, 1.54) is 18.2 Å². The molecule has 5 saturated carbocycles. The minimum Gasteiger partial charge on any atom is -0.446 e. The van der Waals surface area contributed by atoms with E-state index in [9.17, 15) is 19.1 Å². The van der Waals surface area contributed by atoms with E-state index in [-0.39, 0.29) is 52.3 Å². The van der Waals surface area contributed by atoms with Crippen molar-refractivity contribution in [3.63, 3.8) is 0 Å². The molecule has 0 saturated heterocycles. The van der Waals surface area contributed by atoms with Crippen LogP contribution < -0.4 is 16.3 Å². The fourth-order valence-corrected chi connectivity index (χ4v) is 11.1. The van der Waals surface area contributed by atoms with Crippen molar-refractivity contribution in [1.82, 2.24) is 10.6 Å². The van der Waals surface area contributed by atoms with Crippen molar-refractivity contribution >= 4 is 6.09 Å². The van der Waals surface area contributed by atoms with Crippen molar-refractivity contribution in [3.8, 4) is 0 Å². The van der Waals surface area contributed by atoms with Gasteiger partial charge in [0.1, 0.15) is 11.9 Å². The van der Waals surface area contributed by atoms with Crippen LogP contribution in [0.25, 0.3) is 0 Å². The van der Waals surface area contributed by atoms with Crippen LogP contribution in [0.4, 0.5) is 9.18 Å². The monoisotopic (exact) mass is 634 g/mol. The second kappa shape index (κ2) is 12.4. The lowest BCUT2D eigenvalue weighted by molar-refractivity contribution is -0.205. The standard InChI is InChI=1S/C38H51FN2O5/c1-36-18-15-30(46-35(43)41-29-11-9-28(10-12-29)40-22-24-3-7-27(39)8-4-24)21-26(36)6-13-33-32(36)16-19-37(2)31(17-20-38(33,37)44)25-5-14-34(42)45-23-25/h3-5,7-8,14,23,26,28-33,40,44H,6,9-13,15-22H2,1-2H3,(H,41,43)/t26-,28?,29?,30+,31-,32+,33-,36+,37-,38+/m1/s1. The lowest BCUT2D eigenvalue weighted by Crippen LogP contribution is -2.62. The van der Waals surface area contributed by atoms with Crippen LogP contribution in [0.1, 0.15) is 114 Å². The summed E-state index contributed by atoms with van der Waals surface area (Å²) in [4.78, 5) is 24.6. The Morgan fingerprint density at radius 1 is 0.913 bits per heavy atom. The van der Waals surface area contributed by atoms with Crippen molar-refractivity contribution in [1.29, 1.82) is 0 Å². The van der Waals surface area contributed by atoms with Crippen LogP contribution in [0.3, 0.4) is 0 Å². The van der Waals surface area contributed by atoms with Gasteiger partial charge in [-0.2, -0.15) is 0 Å². The predicted molar refractivity (Wildman–Crippen MR) is 174 cm³/mol. The van der Waals surface area contributed by atoms with Gasteiger partial charge in [-0.25, -0.2) is 14.0 Å². The number of amides is 1. The summed E-state index contributed by atoms with van der Waals surface area (Å²) in [5.41, 5.74) is 0.991. The highest BCUT2D eigenvalue weighted by Crippen LogP contribution is 2.70. The van der Waals surface area contributed by atoms with Gasteiger partial charge in [-0.1, -0.05) is 26.0 Å². The molecule has 0 radical (unpaired) electrons. The molecule has 46 heavy (non-hydrogen) atoms. The normalized spacial score (nSPS) is 40.3. The summed E-state index contributed by atoms with van der Waals surface area (Å²) < 4.78 is 24.5. The summed E-state index contributed by atoms with van der Waals surface area (Å²) in [6.07, 6.45) is 13.8. The van der Waals surface area contributed by atoms with Crippen LogP contribution in [0.15, 0.2) is 51.9 Å². The number of rotatable bonds is 6. The maximum absolute atomic E-state index is 13.2. The Labute approximate surface area is 272 Å². The molecular formula is C38H51FN2O5. The molecule has 0 bridgehead atoms. The van der Waals surface area contributed by atoms with E-state index in [0.29, 0.717) is 17.9 Å². The van der Waals surface area contributed by atoms with E-state index in [1.807, 2.05) is 18.2 Å². The van der Waals surface area contributed by atoms with Gasteiger partial charge in [-0.15, -0.1) is 0 Å². The Kier molecular flexibility index (Phi) is 8.58. The van der Waals surface area contributed by atoms with Gasteiger partial charge in [-0.3, -0.25) is 0 Å². The van der Waals surface area contributed by atoms with Crippen molar-refractivity contribution < 1.29 is 23.4 Å². The summed E-state index contributed by atoms with van der Waals surface area (Å²) in [6.45, 7) is 5.46. The molecule has 5 fully saturated rings. The molecular weight excluding hydrogens is 583 g/mol. The first-order valence-corrected chi connectivity index (χ1v) is 17.8. The largest absolute Gasteiger partial charge is 0.446 e. The summed E-state index contributed by atoms with van der Waals surface area (Å²) >= 11 is 0. The number of carbonyl (C=O) groups is 1. The first-order chi connectivity index (χ1) is 22.1. The van der Waals surface area contributed by atoms with Crippen molar-refractivity contribution in [2.45, 2.75) is 134 Å². The molecule has 1 aromatic heterocycles. The van der Waals surface area contributed by atoms with Crippen molar-refractivity contribution in [3.05, 3.63) is 70.0 Å². The number of alkyl carbamates (subject to hydrolysis) is 1. The molecule has 250 valence electrons. The van der Waals surface area contributed by atoms with Crippen LogP contribution in [0, 0.1) is 34.4 Å². The molecule has 0 spiro atoms. The Balaban J connectivity index is 0.904. The van der Waals surface area contributed by atoms with Crippen LogP contribution in [-0.4, -0.2) is 35.0 Å². The van der Waals surface area contributed by atoms with E-state index < -0.39 is 5.60 Å². The highest BCUT2D eigenvalue weighted by molar-refractivity contribution is 5.67. The van der Waals surface area contributed by atoms with Gasteiger partial charge in [-0.05, 0) is 142 Å². The number of halogens is 1. The molecule has 5 aliphatic rings. The SMILES string of the molecule is C[C@]12CC[C@H](OC(=O)NC3CCC(NCc4ccc(F)cc4)CC3)C[C@H]1CC[C@@H]1[C@@H]2CC[C@]2(C)[C@@H](c3ccc(=O)oc3)CC[C@]12O. The third-order valence-electron chi connectivity index (χ3n) is 13.8. The summed E-state index contributed by atoms with van der Waals surface area (Å²) in [6, 6.07) is 10.6. The number of benzene rings is 1. The maximum Gasteiger partial charge on any atom is 0.407 e. The first-order valence-electron chi connectivity index (χ1n) is 17.8. The van der Waals surface area contributed by atoms with Crippen molar-refractivity contribution in [2.75, 3.05) is 0 Å². The number of fused-ring (bicyclic) bond motifs is 5. The molecule has 7 rings (SSSR count). The Bertz CT molecular complexity index is 1440. The van der Waals surface area contributed by atoms with Gasteiger partial charge in [0.2, 0.25) is 0 Å². The molecule has 0 aliphatic heterocycles. The summed E-state index contributed by atoms with van der Waals surface area (Å²) in [5, 5.41) is 19.2. The minimum atomic E-state index is -0.715. The van der Waals surface area contributed by atoms with Gasteiger partial charge in [0.05, 0.1) is 11.9 Å². The fraction of sp³-hybridized carbons (Fsp3) is 0.684. The quantitative estimate of drug-likeness (QED) is 0.310. The third-order valence-corrected chi connectivity index (χ3v) is 13.8. The third kappa shape index (κ3) is 5.72. The highest BCUT2D eigenvalue weighted by atomic mass is 19.1. The fourth-order valence-electron chi connectivity index (χ4n) is 11.1. The van der Waals surface area contributed by atoms with Crippen molar-refractivity contribution in [2.24, 2.45) is 28.6 Å². The molecule has 3 N–H and O–H groups in total. The number of hydrogen-bond acceptors (Lipinski definition) is 6. The molecule has 0 unspecified atom stereocenters. The predicted octanol–water partition coefficient (Wildman–Crippen LogP) is 7.22. The molecule has 1 aromatic carbocycles. The van der Waals surface area contributed by atoms with E-state index in [4.69, 9.17) is 9.15 Å². The molecule has 1 heterocycles. The highest BCUT2D eigenvalue weighted by Gasteiger charge is 2.67. The number of aliphatic hydroxyl groups is 1. The Morgan fingerprint density at radius 2 is 1.67 bits per heavy atom. The van der Waals surface area contributed by atoms with Gasteiger partial charge in [0.15, 0.2) is 0 Å². The average Bonchev–Trinajstić information content (AvgIpc) is 3.33. The lowest BCUT2D eigenvalue weighted by atomic mass is 9.43. The van der Waals surface area contributed by atoms with Crippen LogP contribution >= 0.6 is 0 Å². The second-order valence-corrected chi connectivity index (χ2v) is 15.9. The van der Waals surface area contributed by atoms with Crippen LogP contribution in [0.5, 0.6) is 0 Å². The Hall–Kier alpha value is -2.71. The second-order valence-electron chi connectivity index (χ2n) is 15.9. The summed E-state index contributed by atoms with van der Waals surface area (Å²) in [7, 11) is 0. The van der Waals surface area contributed by atoms with Crippen LogP contribution in [-0.2, 0) is 11.3 Å². The zero-order valence-electron chi connectivity index (χ0n) is 27.4. The molecule has 1 amide bonds. The van der Waals surface area contributed by atoms with Crippen LogP contribution in [0.2, 0.25) is 0 Å².